The fourth-order valence-electron chi connectivity index (χ4n) is 0.943. The monoisotopic (exact) mass is 538 g/mol. The van der Waals surface area contributed by atoms with Crippen LogP contribution in [0.4, 0.5) is 0 Å². The van der Waals surface area contributed by atoms with Gasteiger partial charge in [-0.15, -0.1) is 0 Å². The van der Waals surface area contributed by atoms with E-state index in [1.807, 2.05) is 0 Å². The van der Waals surface area contributed by atoms with Crippen molar-refractivity contribution in [1.29, 1.82) is 0 Å². The largest absolute Gasteiger partial charge is 0.392 e. The first-order chi connectivity index (χ1) is 6.13. The molecule has 3 unspecified atom stereocenters. The van der Waals surface area contributed by atoms with Gasteiger partial charge in [-0.1, -0.05) is 77.0 Å². The molecule has 0 amide bonds. The van der Waals surface area contributed by atoms with E-state index in [0.717, 1.165) is 11.8 Å². The van der Waals surface area contributed by atoms with Crippen LogP contribution in [0.15, 0.2) is 0 Å². The maximum absolute atomic E-state index is 9.70. The lowest BCUT2D eigenvalue weighted by Gasteiger charge is -2.21. The van der Waals surface area contributed by atoms with Gasteiger partial charge in [-0.25, -0.2) is 0 Å². The number of aliphatic hydroxyl groups is 1. The second-order valence-electron chi connectivity index (χ2n) is 2.84. The van der Waals surface area contributed by atoms with E-state index in [1.54, 1.807) is 0 Å². The van der Waals surface area contributed by atoms with Crippen molar-refractivity contribution in [2.45, 2.75) is 34.1 Å². The van der Waals surface area contributed by atoms with E-state index >= 15 is 0 Å². The maximum Gasteiger partial charge on any atom is 0.0683 e. The van der Waals surface area contributed by atoms with Crippen molar-refractivity contribution in [3.63, 3.8) is 0 Å². The van der Waals surface area contributed by atoms with Crippen molar-refractivity contribution in [2.75, 3.05) is 9.76 Å². The highest BCUT2D eigenvalue weighted by molar-refractivity contribution is 14.1. The zero-order chi connectivity index (χ0) is 10.3. The van der Waals surface area contributed by atoms with Gasteiger partial charge in [0.1, 0.15) is 0 Å². The van der Waals surface area contributed by atoms with Crippen LogP contribution >= 0.6 is 77.0 Å². The summed E-state index contributed by atoms with van der Waals surface area (Å²) >= 11 is 11.7. The van der Waals surface area contributed by atoms with E-state index in [9.17, 15) is 5.11 Å². The molecule has 0 aliphatic carbocycles. The zero-order valence-corrected chi connectivity index (χ0v) is 14.7. The molecule has 0 bridgehead atoms. The molecule has 0 aromatic carbocycles. The van der Waals surface area contributed by atoms with E-state index in [-0.39, 0.29) is 10.9 Å². The normalized spacial score (nSPS) is 18.2. The van der Waals surface area contributed by atoms with Crippen molar-refractivity contribution in [3.8, 4) is 0 Å². The fraction of sp³-hybridized carbons (Fsp3) is 1.00. The number of alkyl halides is 4. The van der Waals surface area contributed by atoms with Crippen LogP contribution in [-0.4, -0.2) is 29.7 Å². The number of hydrogen-bond donors (Lipinski definition) is 1. The van der Waals surface area contributed by atoms with E-state index in [1.165, 1.54) is 17.3 Å². The Bertz CT molecular complexity index is 127. The van der Waals surface area contributed by atoms with Crippen LogP contribution in [0.2, 0.25) is 0 Å². The Kier molecular flexibility index (Phi) is 11.4. The molecule has 0 spiro atoms. The lowest BCUT2D eigenvalue weighted by Crippen LogP contribution is -2.29. The van der Waals surface area contributed by atoms with Gasteiger partial charge in [0.25, 0.3) is 0 Å². The first-order valence-electron chi connectivity index (χ1n) is 4.21. The van der Waals surface area contributed by atoms with Crippen LogP contribution in [0.25, 0.3) is 0 Å². The molecule has 0 aromatic heterocycles. The third-order valence-corrected chi connectivity index (χ3v) is 6.59. The van der Waals surface area contributed by atoms with Gasteiger partial charge in [0.15, 0.2) is 0 Å². The van der Waals surface area contributed by atoms with E-state index in [2.05, 4.69) is 77.0 Å². The summed E-state index contributed by atoms with van der Waals surface area (Å²) < 4.78 is 1.73. The minimum atomic E-state index is -0.226. The van der Waals surface area contributed by atoms with Crippen LogP contribution in [0.5, 0.6) is 0 Å². The van der Waals surface area contributed by atoms with Crippen molar-refractivity contribution in [1.82, 2.24) is 0 Å². The van der Waals surface area contributed by atoms with Crippen molar-refractivity contribution in [2.24, 2.45) is 0 Å². The van der Waals surface area contributed by atoms with Gasteiger partial charge >= 0.3 is 0 Å². The quantitative estimate of drug-likeness (QED) is 0.384. The Hall–Kier alpha value is 2.38. The molecule has 0 fully saturated rings. The van der Waals surface area contributed by atoms with Gasteiger partial charge < -0.3 is 5.11 Å². The van der Waals surface area contributed by atoms with E-state index in [4.69, 9.17) is 0 Å². The summed E-state index contributed by atoms with van der Waals surface area (Å²) in [6.07, 6.45) is 3.01. The number of hydrogen-bond acceptors (Lipinski definition) is 1. The summed E-state index contributed by atoms with van der Waals surface area (Å²) in [4.78, 5) is 0.230. The molecular weight excluding hydrogens is 526 g/mol. The second kappa shape index (κ2) is 9.59. The maximum atomic E-state index is 9.70. The van der Waals surface area contributed by atoms with Crippen LogP contribution in [-0.2, 0) is 0 Å². The highest BCUT2D eigenvalue weighted by atomic mass is 127. The Labute approximate surface area is 124 Å². The fourth-order valence-corrected chi connectivity index (χ4v) is 3.30. The average Bonchev–Trinajstić information content (AvgIpc) is 2.13. The third kappa shape index (κ3) is 7.30. The molecule has 0 heterocycles. The SMILES string of the molecule is OC(CCBr)C(Br)C(I)CCCI. The molecule has 3 atom stereocenters. The smallest absolute Gasteiger partial charge is 0.0683 e. The van der Waals surface area contributed by atoms with Gasteiger partial charge in [0, 0.05) is 9.25 Å². The predicted octanol–water partition coefficient (Wildman–Crippen LogP) is 3.91. The summed E-state index contributed by atoms with van der Waals surface area (Å²) in [6.45, 7) is 0. The van der Waals surface area contributed by atoms with Crippen LogP contribution in [0.3, 0.4) is 0 Å². The van der Waals surface area contributed by atoms with E-state index in [0.29, 0.717) is 3.92 Å². The van der Waals surface area contributed by atoms with Gasteiger partial charge in [-0.3, -0.25) is 0 Å². The number of aliphatic hydroxyl groups excluding tert-OH is 1. The van der Waals surface area contributed by atoms with Crippen molar-refractivity contribution in [3.05, 3.63) is 0 Å². The first-order valence-corrected chi connectivity index (χ1v) is 9.02. The molecule has 0 aromatic rings. The lowest BCUT2D eigenvalue weighted by molar-refractivity contribution is 0.170. The molecule has 0 saturated heterocycles. The predicted molar refractivity (Wildman–Crippen MR) is 83.1 cm³/mol. The lowest BCUT2D eigenvalue weighted by atomic mass is 10.1. The zero-order valence-electron chi connectivity index (χ0n) is 7.23. The molecule has 1 nitrogen and oxygen atoms in total. The minimum Gasteiger partial charge on any atom is -0.392 e. The van der Waals surface area contributed by atoms with Crippen LogP contribution in [0.1, 0.15) is 19.3 Å². The Morgan fingerprint density at radius 2 is 1.92 bits per heavy atom. The molecule has 0 aliphatic heterocycles. The molecule has 0 rings (SSSR count). The molecule has 80 valence electrons. The number of halogens is 4. The van der Waals surface area contributed by atoms with E-state index < -0.39 is 0 Å². The molecular formula is C8H14Br2I2O. The second-order valence-corrected chi connectivity index (χ2v) is 7.37. The highest BCUT2D eigenvalue weighted by Crippen LogP contribution is 2.24. The Balaban J connectivity index is 3.71. The van der Waals surface area contributed by atoms with Gasteiger partial charge in [-0.05, 0) is 23.7 Å². The summed E-state index contributed by atoms with van der Waals surface area (Å²) in [5.74, 6) is 0. The van der Waals surface area contributed by atoms with Gasteiger partial charge in [0.2, 0.25) is 0 Å². The Morgan fingerprint density at radius 1 is 1.31 bits per heavy atom. The van der Waals surface area contributed by atoms with Crippen LogP contribution < -0.4 is 0 Å². The standard InChI is InChI=1S/C8H14Br2I2O/c9-4-3-7(13)8(10)6(12)2-1-5-11/h6-8,13H,1-5H2. The molecule has 5 heteroatoms. The topological polar surface area (TPSA) is 20.2 Å². The molecule has 13 heavy (non-hydrogen) atoms. The summed E-state index contributed by atoms with van der Waals surface area (Å²) in [5, 5.41) is 10.6. The molecule has 0 radical (unpaired) electrons. The Morgan fingerprint density at radius 3 is 2.38 bits per heavy atom. The first kappa shape index (κ1) is 15.4. The average molecular weight is 540 g/mol. The van der Waals surface area contributed by atoms with Crippen molar-refractivity contribution >= 4 is 77.0 Å². The highest BCUT2D eigenvalue weighted by Gasteiger charge is 2.22. The number of rotatable bonds is 7. The molecule has 0 saturated carbocycles. The third-order valence-electron chi connectivity index (χ3n) is 1.73. The van der Waals surface area contributed by atoms with Gasteiger partial charge in [0.05, 0.1) is 10.9 Å². The van der Waals surface area contributed by atoms with Gasteiger partial charge in [-0.2, -0.15) is 0 Å². The minimum absolute atomic E-state index is 0.226. The van der Waals surface area contributed by atoms with Crippen molar-refractivity contribution < 1.29 is 5.11 Å². The molecule has 1 N–H and O–H groups in total. The summed E-state index contributed by atoms with van der Waals surface area (Å²) in [7, 11) is 0. The summed E-state index contributed by atoms with van der Waals surface area (Å²) in [6, 6.07) is 0. The summed E-state index contributed by atoms with van der Waals surface area (Å²) in [5.41, 5.74) is 0. The molecule has 0 aliphatic rings. The van der Waals surface area contributed by atoms with Crippen LogP contribution in [0, 0.1) is 0 Å².